The molecule has 3 rings (SSSR count). The average Bonchev–Trinajstić information content (AvgIpc) is 3.22. The largest absolute Gasteiger partial charge is 0.360 e. The molecule has 1 aromatic heterocycles. The lowest BCUT2D eigenvalue weighted by Crippen LogP contribution is -2.52. The van der Waals surface area contributed by atoms with Crippen LogP contribution in [-0.2, 0) is 0 Å². The number of anilines is 1. The Balaban J connectivity index is 0.00000280. The summed E-state index contributed by atoms with van der Waals surface area (Å²) in [4.78, 5) is 14.9. The second-order valence-corrected chi connectivity index (χ2v) is 8.76. The number of likely N-dealkylation sites (N-methyl/N-ethyl adjacent to an activating group) is 1. The van der Waals surface area contributed by atoms with Crippen molar-refractivity contribution < 1.29 is 0 Å². The van der Waals surface area contributed by atoms with Crippen LogP contribution in [0.3, 0.4) is 0 Å². The Morgan fingerprint density at radius 3 is 2.46 bits per heavy atom. The van der Waals surface area contributed by atoms with Crippen LogP contribution < -0.4 is 10.2 Å². The van der Waals surface area contributed by atoms with Gasteiger partial charge in [-0.2, -0.15) is 0 Å². The topological polar surface area (TPSA) is 37.4 Å². The minimum Gasteiger partial charge on any atom is -0.360 e. The minimum atomic E-state index is 0. The number of rotatable bonds is 6. The number of piperazine rings is 2. The number of halogens is 1. The summed E-state index contributed by atoms with van der Waals surface area (Å²) in [5, 5.41) is 7.05. The van der Waals surface area contributed by atoms with Gasteiger partial charge in [-0.15, -0.1) is 35.3 Å². The Hall–Kier alpha value is -0.580. The lowest BCUT2D eigenvalue weighted by atomic mass is 10.1. The van der Waals surface area contributed by atoms with Crippen LogP contribution in [-0.4, -0.2) is 99.7 Å². The first-order valence-electron chi connectivity index (χ1n) is 10.4. The molecule has 8 heteroatoms. The van der Waals surface area contributed by atoms with Gasteiger partial charge in [-0.25, -0.2) is 0 Å². The van der Waals surface area contributed by atoms with Gasteiger partial charge in [-0.05, 0) is 37.4 Å². The lowest BCUT2D eigenvalue weighted by molar-refractivity contribution is 0.140. The fraction of sp³-hybridized carbons (Fsp3) is 0.750. The Labute approximate surface area is 192 Å². The van der Waals surface area contributed by atoms with Crippen LogP contribution in [0.15, 0.2) is 22.5 Å². The smallest absolute Gasteiger partial charge is 0.194 e. The summed E-state index contributed by atoms with van der Waals surface area (Å²) >= 11 is 1.83. The average molecular weight is 521 g/mol. The fourth-order valence-corrected chi connectivity index (χ4v) is 4.57. The van der Waals surface area contributed by atoms with Gasteiger partial charge in [-0.3, -0.25) is 4.99 Å². The molecular weight excluding hydrogens is 483 g/mol. The van der Waals surface area contributed by atoms with E-state index in [1.807, 2.05) is 11.3 Å². The summed E-state index contributed by atoms with van der Waals surface area (Å²) in [5.74, 6) is 1.68. The number of nitrogens with one attached hydrogen (secondary N) is 1. The van der Waals surface area contributed by atoms with Crippen LogP contribution in [0.1, 0.15) is 13.8 Å². The highest BCUT2D eigenvalue weighted by atomic mass is 127. The second kappa shape index (κ2) is 12.2. The van der Waals surface area contributed by atoms with E-state index in [2.05, 4.69) is 63.3 Å². The van der Waals surface area contributed by atoms with Crippen LogP contribution >= 0.6 is 35.3 Å². The van der Waals surface area contributed by atoms with Gasteiger partial charge in [0.15, 0.2) is 5.96 Å². The highest BCUT2D eigenvalue weighted by Crippen LogP contribution is 2.22. The first-order valence-corrected chi connectivity index (χ1v) is 11.3. The summed E-state index contributed by atoms with van der Waals surface area (Å²) in [6, 6.07) is 4.36. The molecule has 0 amide bonds. The molecule has 2 fully saturated rings. The molecular formula is C20H37IN6S. The maximum absolute atomic E-state index is 4.98. The van der Waals surface area contributed by atoms with Gasteiger partial charge < -0.3 is 24.9 Å². The van der Waals surface area contributed by atoms with Gasteiger partial charge in [0.05, 0.1) is 5.00 Å². The van der Waals surface area contributed by atoms with E-state index in [1.165, 1.54) is 31.2 Å². The molecule has 3 heterocycles. The van der Waals surface area contributed by atoms with Gasteiger partial charge in [0.25, 0.3) is 0 Å². The van der Waals surface area contributed by atoms with E-state index in [0.717, 1.165) is 51.8 Å². The van der Waals surface area contributed by atoms with Crippen molar-refractivity contribution >= 4 is 46.3 Å². The van der Waals surface area contributed by atoms with E-state index in [4.69, 9.17) is 4.99 Å². The Bertz CT molecular complexity index is 565. The maximum Gasteiger partial charge on any atom is 0.194 e. The van der Waals surface area contributed by atoms with Crippen LogP contribution in [0.5, 0.6) is 0 Å². The number of guanidine groups is 1. The van der Waals surface area contributed by atoms with Gasteiger partial charge in [0.2, 0.25) is 0 Å². The van der Waals surface area contributed by atoms with E-state index in [1.54, 1.807) is 0 Å². The molecule has 0 aromatic carbocycles. The summed E-state index contributed by atoms with van der Waals surface area (Å²) in [7, 11) is 2.21. The zero-order chi connectivity index (χ0) is 19.1. The number of hydrogen-bond donors (Lipinski definition) is 1. The van der Waals surface area contributed by atoms with Crippen LogP contribution in [0.25, 0.3) is 0 Å². The molecule has 1 aromatic rings. The van der Waals surface area contributed by atoms with E-state index >= 15 is 0 Å². The quantitative estimate of drug-likeness (QED) is 0.354. The number of nitrogens with zero attached hydrogens (tertiary/aromatic N) is 5. The minimum absolute atomic E-state index is 0. The van der Waals surface area contributed by atoms with Crippen molar-refractivity contribution in [1.82, 2.24) is 20.0 Å². The Morgan fingerprint density at radius 2 is 1.86 bits per heavy atom. The van der Waals surface area contributed by atoms with E-state index in [0.29, 0.717) is 5.92 Å². The first kappa shape index (κ1) is 23.7. The third-order valence-electron chi connectivity index (χ3n) is 5.45. The van der Waals surface area contributed by atoms with Gasteiger partial charge >= 0.3 is 0 Å². The molecule has 0 aliphatic carbocycles. The molecule has 1 N–H and O–H groups in total. The predicted octanol–water partition coefficient (Wildman–Crippen LogP) is 2.34. The summed E-state index contributed by atoms with van der Waals surface area (Å²) < 4.78 is 0. The van der Waals surface area contributed by atoms with Gasteiger partial charge in [-0.1, -0.05) is 6.92 Å². The molecule has 1 atom stereocenters. The van der Waals surface area contributed by atoms with Gasteiger partial charge in [0.1, 0.15) is 0 Å². The van der Waals surface area contributed by atoms with E-state index in [-0.39, 0.29) is 24.0 Å². The molecule has 1 unspecified atom stereocenters. The van der Waals surface area contributed by atoms with E-state index < -0.39 is 0 Å². The molecule has 0 spiro atoms. The fourth-order valence-electron chi connectivity index (χ4n) is 3.79. The standard InChI is InChI=1S/C20H36N6S.HI/c1-4-21-20(22-16-18(2)17-24-9-7-23(3)8-10-24)26-13-11-25(12-14-26)19-6-5-15-27-19;/h5-6,15,18H,4,7-14,16-17H2,1-3H3,(H,21,22);1H. The summed E-state index contributed by atoms with van der Waals surface area (Å²) in [6.45, 7) is 16.5. The summed E-state index contributed by atoms with van der Waals surface area (Å²) in [5.41, 5.74) is 0. The van der Waals surface area contributed by atoms with Crippen LogP contribution in [0.4, 0.5) is 5.00 Å². The zero-order valence-electron chi connectivity index (χ0n) is 17.6. The molecule has 6 nitrogen and oxygen atoms in total. The third-order valence-corrected chi connectivity index (χ3v) is 6.38. The molecule has 28 heavy (non-hydrogen) atoms. The van der Waals surface area contributed by atoms with Crippen molar-refractivity contribution in [3.8, 4) is 0 Å². The molecule has 0 saturated carbocycles. The highest BCUT2D eigenvalue weighted by molar-refractivity contribution is 14.0. The SMILES string of the molecule is CCNC(=NCC(C)CN1CCN(C)CC1)N1CCN(c2cccs2)CC1.I. The third kappa shape index (κ3) is 7.03. The molecule has 160 valence electrons. The number of hydrogen-bond acceptors (Lipinski definition) is 5. The monoisotopic (exact) mass is 520 g/mol. The molecule has 0 radical (unpaired) electrons. The van der Waals surface area contributed by atoms with Crippen LogP contribution in [0, 0.1) is 5.92 Å². The van der Waals surface area contributed by atoms with E-state index in [9.17, 15) is 0 Å². The maximum atomic E-state index is 4.98. The Kier molecular flexibility index (Phi) is 10.3. The molecule has 2 aliphatic rings. The van der Waals surface area contributed by atoms with Crippen molar-refractivity contribution in [2.75, 3.05) is 83.9 Å². The normalized spacial score (nSPS) is 20.8. The van der Waals surface area contributed by atoms with Gasteiger partial charge in [0, 0.05) is 72.0 Å². The number of aliphatic imine (C=N–C) groups is 1. The second-order valence-electron chi connectivity index (χ2n) is 7.83. The van der Waals surface area contributed by atoms with Crippen molar-refractivity contribution in [3.05, 3.63) is 17.5 Å². The van der Waals surface area contributed by atoms with Crippen molar-refractivity contribution in [1.29, 1.82) is 0 Å². The first-order chi connectivity index (χ1) is 13.2. The highest BCUT2D eigenvalue weighted by Gasteiger charge is 2.21. The van der Waals surface area contributed by atoms with Crippen molar-refractivity contribution in [2.45, 2.75) is 13.8 Å². The lowest BCUT2D eigenvalue weighted by Gasteiger charge is -2.37. The molecule has 0 bridgehead atoms. The van der Waals surface area contributed by atoms with Crippen molar-refractivity contribution in [3.63, 3.8) is 0 Å². The zero-order valence-corrected chi connectivity index (χ0v) is 20.8. The number of thiophene rings is 1. The predicted molar refractivity (Wildman–Crippen MR) is 133 cm³/mol. The molecule has 2 saturated heterocycles. The summed E-state index contributed by atoms with van der Waals surface area (Å²) in [6.07, 6.45) is 0. The molecule has 2 aliphatic heterocycles. The van der Waals surface area contributed by atoms with Crippen LogP contribution in [0.2, 0.25) is 0 Å². The Morgan fingerprint density at radius 1 is 1.14 bits per heavy atom. The van der Waals surface area contributed by atoms with Crippen molar-refractivity contribution in [2.24, 2.45) is 10.9 Å².